The van der Waals surface area contributed by atoms with Crippen LogP contribution in [-0.4, -0.2) is 23.6 Å². The lowest BCUT2D eigenvalue weighted by molar-refractivity contribution is -0.137. The molecule has 1 saturated heterocycles. The first-order chi connectivity index (χ1) is 14.4. The quantitative estimate of drug-likeness (QED) is 0.613. The van der Waals surface area contributed by atoms with Gasteiger partial charge in [0.1, 0.15) is 0 Å². The van der Waals surface area contributed by atoms with Gasteiger partial charge in [-0.2, -0.15) is 18.2 Å². The van der Waals surface area contributed by atoms with Gasteiger partial charge in [0, 0.05) is 35.9 Å². The first kappa shape index (κ1) is 22.1. The molecule has 8 heteroatoms. The average molecular weight is 452 g/mol. The molecule has 0 bridgehead atoms. The molecule has 0 unspecified atom stereocenters. The standard InChI is InChI=1S/C23H28F3N3OS/c1-14-19(22(2,3)4)31-21(29(14)13-15-6-7-15)27-20(30)17-12-16(23(24,25)26)8-9-18(17)28-10-5-11-28/h8-9,12,15H,5-7,10-11,13H2,1-4H3. The Bertz CT molecular complexity index is 1070. The highest BCUT2D eigenvalue weighted by Crippen LogP contribution is 2.35. The molecule has 31 heavy (non-hydrogen) atoms. The molecular weight excluding hydrogens is 423 g/mol. The van der Waals surface area contributed by atoms with E-state index < -0.39 is 17.6 Å². The van der Waals surface area contributed by atoms with Crippen molar-refractivity contribution in [3.05, 3.63) is 44.7 Å². The van der Waals surface area contributed by atoms with E-state index in [2.05, 4.69) is 30.3 Å². The monoisotopic (exact) mass is 451 g/mol. The Kier molecular flexibility index (Phi) is 5.56. The van der Waals surface area contributed by atoms with Crippen LogP contribution in [0.4, 0.5) is 18.9 Å². The van der Waals surface area contributed by atoms with E-state index in [1.807, 2.05) is 11.8 Å². The first-order valence-corrected chi connectivity index (χ1v) is 11.5. The fourth-order valence-corrected chi connectivity index (χ4v) is 5.10. The summed E-state index contributed by atoms with van der Waals surface area (Å²) in [5.74, 6) is -0.0281. The Morgan fingerprint density at radius 3 is 2.39 bits per heavy atom. The Labute approximate surface area is 184 Å². The van der Waals surface area contributed by atoms with Crippen molar-refractivity contribution in [2.24, 2.45) is 10.9 Å². The molecule has 2 heterocycles. The van der Waals surface area contributed by atoms with Gasteiger partial charge in [0.05, 0.1) is 11.1 Å². The number of alkyl halides is 3. The van der Waals surface area contributed by atoms with Gasteiger partial charge < -0.3 is 9.47 Å². The molecule has 1 aromatic carbocycles. The zero-order valence-corrected chi connectivity index (χ0v) is 19.2. The van der Waals surface area contributed by atoms with Crippen molar-refractivity contribution in [2.45, 2.75) is 65.1 Å². The molecule has 0 spiro atoms. The van der Waals surface area contributed by atoms with Gasteiger partial charge in [-0.3, -0.25) is 4.79 Å². The number of thiazole rings is 1. The molecule has 4 rings (SSSR count). The number of amides is 1. The second-order valence-electron chi connectivity index (χ2n) is 9.59. The lowest BCUT2D eigenvalue weighted by Gasteiger charge is -2.34. The topological polar surface area (TPSA) is 37.6 Å². The maximum Gasteiger partial charge on any atom is 0.416 e. The minimum absolute atomic E-state index is 0.0239. The molecular formula is C23H28F3N3OS. The van der Waals surface area contributed by atoms with Crippen LogP contribution >= 0.6 is 11.3 Å². The van der Waals surface area contributed by atoms with Crippen LogP contribution in [0.15, 0.2) is 23.2 Å². The molecule has 2 aliphatic rings. The summed E-state index contributed by atoms with van der Waals surface area (Å²) in [4.78, 5) is 21.2. The first-order valence-electron chi connectivity index (χ1n) is 10.7. The van der Waals surface area contributed by atoms with E-state index in [-0.39, 0.29) is 11.0 Å². The average Bonchev–Trinajstić information content (AvgIpc) is 3.38. The predicted molar refractivity (Wildman–Crippen MR) is 117 cm³/mol. The van der Waals surface area contributed by atoms with Gasteiger partial charge in [-0.15, -0.1) is 11.3 Å². The van der Waals surface area contributed by atoms with Crippen LogP contribution in [0.5, 0.6) is 0 Å². The Hall–Kier alpha value is -2.09. The predicted octanol–water partition coefficient (Wildman–Crippen LogP) is 5.54. The number of hydrogen-bond donors (Lipinski definition) is 0. The van der Waals surface area contributed by atoms with Crippen molar-refractivity contribution in [1.29, 1.82) is 0 Å². The highest BCUT2D eigenvalue weighted by molar-refractivity contribution is 7.09. The van der Waals surface area contributed by atoms with Gasteiger partial charge in [-0.1, -0.05) is 20.8 Å². The highest BCUT2D eigenvalue weighted by atomic mass is 32.1. The normalized spacial score (nSPS) is 17.8. The van der Waals surface area contributed by atoms with Crippen LogP contribution in [0.1, 0.15) is 66.5 Å². The molecule has 1 aliphatic heterocycles. The number of carbonyl (C=O) groups excluding carboxylic acids is 1. The van der Waals surface area contributed by atoms with E-state index >= 15 is 0 Å². The van der Waals surface area contributed by atoms with Crippen molar-refractivity contribution in [3.63, 3.8) is 0 Å². The van der Waals surface area contributed by atoms with E-state index in [1.54, 1.807) is 0 Å². The zero-order chi connectivity index (χ0) is 22.6. The number of hydrogen-bond acceptors (Lipinski definition) is 3. The summed E-state index contributed by atoms with van der Waals surface area (Å²) in [6.45, 7) is 10.7. The van der Waals surface area contributed by atoms with Gasteiger partial charge in [0.15, 0.2) is 4.80 Å². The van der Waals surface area contributed by atoms with Gasteiger partial charge in [-0.05, 0) is 55.7 Å². The summed E-state index contributed by atoms with van der Waals surface area (Å²) in [5.41, 5.74) is 0.722. The molecule has 0 N–H and O–H groups in total. The number of benzene rings is 1. The fraction of sp³-hybridized carbons (Fsp3) is 0.565. The molecule has 2 fully saturated rings. The lowest BCUT2D eigenvalue weighted by Crippen LogP contribution is -2.38. The molecule has 1 amide bonds. The van der Waals surface area contributed by atoms with Crippen LogP contribution in [0, 0.1) is 12.8 Å². The summed E-state index contributed by atoms with van der Waals surface area (Å²) < 4.78 is 42.1. The van der Waals surface area contributed by atoms with Crippen molar-refractivity contribution in [1.82, 2.24) is 4.57 Å². The van der Waals surface area contributed by atoms with Crippen molar-refractivity contribution >= 4 is 22.9 Å². The summed E-state index contributed by atoms with van der Waals surface area (Å²) in [6, 6.07) is 3.41. The number of halogens is 3. The second kappa shape index (κ2) is 7.80. The van der Waals surface area contributed by atoms with E-state index in [0.29, 0.717) is 16.4 Å². The van der Waals surface area contributed by atoms with Crippen molar-refractivity contribution < 1.29 is 18.0 Å². The van der Waals surface area contributed by atoms with Crippen LogP contribution in [0.3, 0.4) is 0 Å². The fourth-order valence-electron chi connectivity index (χ4n) is 3.90. The van der Waals surface area contributed by atoms with Crippen LogP contribution in [-0.2, 0) is 18.1 Å². The Morgan fingerprint density at radius 2 is 1.87 bits per heavy atom. The summed E-state index contributed by atoms with van der Waals surface area (Å²) >= 11 is 1.47. The van der Waals surface area contributed by atoms with E-state index in [9.17, 15) is 18.0 Å². The SMILES string of the molecule is Cc1c(C(C)(C)C)sc(=NC(=O)c2cc(C(F)(F)F)ccc2N2CCC2)n1CC1CC1. The van der Waals surface area contributed by atoms with Crippen molar-refractivity contribution in [2.75, 3.05) is 18.0 Å². The van der Waals surface area contributed by atoms with Gasteiger partial charge in [0.25, 0.3) is 5.91 Å². The molecule has 0 radical (unpaired) electrons. The van der Waals surface area contributed by atoms with Crippen LogP contribution < -0.4 is 9.70 Å². The number of rotatable bonds is 4. The Morgan fingerprint density at radius 1 is 1.19 bits per heavy atom. The third kappa shape index (κ3) is 4.59. The summed E-state index contributed by atoms with van der Waals surface area (Å²) in [6.07, 6.45) is -1.22. The molecule has 1 aromatic heterocycles. The number of aromatic nitrogens is 1. The van der Waals surface area contributed by atoms with Gasteiger partial charge >= 0.3 is 6.18 Å². The Balaban J connectivity index is 1.81. The summed E-state index contributed by atoms with van der Waals surface area (Å²) in [7, 11) is 0. The molecule has 1 aliphatic carbocycles. The lowest BCUT2D eigenvalue weighted by atomic mass is 9.93. The molecule has 168 valence electrons. The van der Waals surface area contributed by atoms with E-state index in [1.165, 1.54) is 17.4 Å². The smallest absolute Gasteiger partial charge is 0.371 e. The maximum absolute atomic E-state index is 13.3. The zero-order valence-electron chi connectivity index (χ0n) is 18.3. The second-order valence-corrected chi connectivity index (χ2v) is 10.6. The third-order valence-corrected chi connectivity index (χ3v) is 7.53. The van der Waals surface area contributed by atoms with Gasteiger partial charge in [0.2, 0.25) is 0 Å². The highest BCUT2D eigenvalue weighted by Gasteiger charge is 2.33. The van der Waals surface area contributed by atoms with Crippen LogP contribution in [0.2, 0.25) is 0 Å². The molecule has 2 aromatic rings. The van der Waals surface area contributed by atoms with Gasteiger partial charge in [-0.25, -0.2) is 0 Å². The molecule has 4 nitrogen and oxygen atoms in total. The number of nitrogens with zero attached hydrogens (tertiary/aromatic N) is 3. The van der Waals surface area contributed by atoms with E-state index in [0.717, 1.165) is 61.6 Å². The number of anilines is 1. The minimum Gasteiger partial charge on any atom is -0.371 e. The third-order valence-electron chi connectivity index (χ3n) is 5.92. The molecule has 1 saturated carbocycles. The summed E-state index contributed by atoms with van der Waals surface area (Å²) in [5, 5.41) is 0. The van der Waals surface area contributed by atoms with Crippen LogP contribution in [0.25, 0.3) is 0 Å². The maximum atomic E-state index is 13.3. The molecule has 0 atom stereocenters. The van der Waals surface area contributed by atoms with E-state index in [4.69, 9.17) is 0 Å². The van der Waals surface area contributed by atoms with Crippen molar-refractivity contribution in [3.8, 4) is 0 Å². The number of carbonyl (C=O) groups is 1. The largest absolute Gasteiger partial charge is 0.416 e. The minimum atomic E-state index is -4.51.